The van der Waals surface area contributed by atoms with Crippen molar-refractivity contribution in [2.24, 2.45) is 0 Å². The standard InChI is InChI=1S/C7H9BNO2/c1-11-8-9-6-2-4-7(10)5-3-6/h2-5,9-10H,1H3. The first-order chi connectivity index (χ1) is 5.33. The van der Waals surface area contributed by atoms with E-state index >= 15 is 0 Å². The molecule has 1 aromatic rings. The molecule has 0 bridgehead atoms. The molecule has 0 atom stereocenters. The zero-order valence-electron chi connectivity index (χ0n) is 6.24. The molecular weight excluding hydrogens is 141 g/mol. The van der Waals surface area contributed by atoms with Gasteiger partial charge in [0.05, 0.1) is 0 Å². The second kappa shape index (κ2) is 3.88. The van der Waals surface area contributed by atoms with Crippen LogP contribution in [-0.4, -0.2) is 19.8 Å². The summed E-state index contributed by atoms with van der Waals surface area (Å²) in [6.07, 6.45) is 0. The molecule has 0 saturated heterocycles. The van der Waals surface area contributed by atoms with E-state index in [9.17, 15) is 0 Å². The number of anilines is 1. The highest BCUT2D eigenvalue weighted by Crippen LogP contribution is 2.12. The summed E-state index contributed by atoms with van der Waals surface area (Å²) in [5.74, 6) is 0.257. The van der Waals surface area contributed by atoms with Crippen LogP contribution in [0.4, 0.5) is 5.69 Å². The van der Waals surface area contributed by atoms with E-state index in [1.54, 1.807) is 31.4 Å². The minimum atomic E-state index is 0.257. The normalized spacial score (nSPS) is 9.18. The van der Waals surface area contributed by atoms with Crippen LogP contribution in [0.5, 0.6) is 5.75 Å². The quantitative estimate of drug-likeness (QED) is 0.498. The predicted octanol–water partition coefficient (Wildman–Crippen LogP) is 0.985. The molecule has 0 aromatic heterocycles. The summed E-state index contributed by atoms with van der Waals surface area (Å²) in [5.41, 5.74) is 0.879. The zero-order valence-corrected chi connectivity index (χ0v) is 6.24. The number of phenolic OH excluding ortho intramolecular Hbond substituents is 1. The third-order valence-corrected chi connectivity index (χ3v) is 1.21. The maximum absolute atomic E-state index is 8.91. The Morgan fingerprint density at radius 2 is 2.00 bits per heavy atom. The van der Waals surface area contributed by atoms with Crippen LogP contribution in [0.15, 0.2) is 24.3 Å². The first-order valence-electron chi connectivity index (χ1n) is 3.23. The lowest BCUT2D eigenvalue weighted by Gasteiger charge is -2.01. The van der Waals surface area contributed by atoms with Gasteiger partial charge in [-0.1, -0.05) is 0 Å². The fourth-order valence-corrected chi connectivity index (χ4v) is 0.685. The van der Waals surface area contributed by atoms with E-state index in [1.807, 2.05) is 0 Å². The van der Waals surface area contributed by atoms with Crippen molar-refractivity contribution in [2.45, 2.75) is 0 Å². The van der Waals surface area contributed by atoms with Crippen molar-refractivity contribution < 1.29 is 9.76 Å². The number of nitrogens with one attached hydrogen (secondary N) is 1. The zero-order chi connectivity index (χ0) is 8.10. The van der Waals surface area contributed by atoms with E-state index in [0.29, 0.717) is 0 Å². The van der Waals surface area contributed by atoms with Gasteiger partial charge in [-0.05, 0) is 24.3 Å². The molecular formula is C7H9BNO2. The van der Waals surface area contributed by atoms with E-state index in [2.05, 4.69) is 9.88 Å². The van der Waals surface area contributed by atoms with Crippen LogP contribution in [0.2, 0.25) is 0 Å². The molecule has 0 saturated carbocycles. The molecule has 57 valence electrons. The van der Waals surface area contributed by atoms with Crippen molar-refractivity contribution in [3.8, 4) is 5.75 Å². The van der Waals surface area contributed by atoms with Gasteiger partial charge in [-0.25, -0.2) is 0 Å². The van der Waals surface area contributed by atoms with Crippen molar-refractivity contribution >= 4 is 13.3 Å². The fourth-order valence-electron chi connectivity index (χ4n) is 0.685. The average Bonchev–Trinajstić information content (AvgIpc) is 2.04. The molecule has 0 heterocycles. The van der Waals surface area contributed by atoms with Gasteiger partial charge >= 0.3 is 7.62 Å². The van der Waals surface area contributed by atoms with Crippen LogP contribution < -0.4 is 5.23 Å². The van der Waals surface area contributed by atoms with Crippen molar-refractivity contribution in [3.05, 3.63) is 24.3 Å². The Labute approximate surface area is 66.3 Å². The number of benzene rings is 1. The molecule has 4 heteroatoms. The molecule has 0 amide bonds. The molecule has 3 nitrogen and oxygen atoms in total. The number of aromatic hydroxyl groups is 1. The third kappa shape index (κ3) is 2.51. The summed E-state index contributed by atoms with van der Waals surface area (Å²) in [4.78, 5) is 0. The molecule has 1 rings (SSSR count). The van der Waals surface area contributed by atoms with Crippen LogP contribution in [0.25, 0.3) is 0 Å². The smallest absolute Gasteiger partial charge is 0.435 e. The lowest BCUT2D eigenvalue weighted by atomic mass is 10.2. The summed E-state index contributed by atoms with van der Waals surface area (Å²) in [6, 6.07) is 6.72. The van der Waals surface area contributed by atoms with Crippen LogP contribution in [-0.2, 0) is 4.65 Å². The Bertz CT molecular complexity index is 212. The molecule has 0 fully saturated rings. The predicted molar refractivity (Wildman–Crippen MR) is 44.5 cm³/mol. The Kier molecular flexibility index (Phi) is 2.80. The van der Waals surface area contributed by atoms with Crippen LogP contribution in [0, 0.1) is 0 Å². The molecule has 0 aliphatic rings. The van der Waals surface area contributed by atoms with Gasteiger partial charge in [0.1, 0.15) is 5.75 Å². The maximum atomic E-state index is 8.91. The van der Waals surface area contributed by atoms with E-state index in [0.717, 1.165) is 5.69 Å². The van der Waals surface area contributed by atoms with E-state index < -0.39 is 0 Å². The molecule has 0 unspecified atom stereocenters. The summed E-state index contributed by atoms with van der Waals surface area (Å²) < 4.78 is 4.68. The van der Waals surface area contributed by atoms with Gasteiger partial charge in [-0.15, -0.1) is 0 Å². The SMILES string of the molecule is CO[B]Nc1ccc(O)cc1. The monoisotopic (exact) mass is 150 g/mol. The topological polar surface area (TPSA) is 41.5 Å². The van der Waals surface area contributed by atoms with Gasteiger partial charge < -0.3 is 15.0 Å². The van der Waals surface area contributed by atoms with E-state index in [4.69, 9.17) is 5.11 Å². The highest BCUT2D eigenvalue weighted by molar-refractivity contribution is 6.32. The highest BCUT2D eigenvalue weighted by Gasteiger charge is 1.91. The average molecular weight is 150 g/mol. The molecule has 11 heavy (non-hydrogen) atoms. The molecule has 0 aliphatic carbocycles. The van der Waals surface area contributed by atoms with Gasteiger partial charge in [0.25, 0.3) is 0 Å². The second-order valence-electron chi connectivity index (χ2n) is 2.04. The Hall–Kier alpha value is -1.16. The van der Waals surface area contributed by atoms with Crippen LogP contribution in [0.1, 0.15) is 0 Å². The molecule has 2 N–H and O–H groups in total. The lowest BCUT2D eigenvalue weighted by molar-refractivity contribution is 0.446. The van der Waals surface area contributed by atoms with Gasteiger partial charge in [0.15, 0.2) is 0 Å². The molecule has 0 aliphatic heterocycles. The lowest BCUT2D eigenvalue weighted by Crippen LogP contribution is -2.07. The molecule has 1 aromatic carbocycles. The van der Waals surface area contributed by atoms with Gasteiger partial charge in [-0.3, -0.25) is 0 Å². The fraction of sp³-hybridized carbons (Fsp3) is 0.143. The second-order valence-corrected chi connectivity index (χ2v) is 2.04. The summed E-state index contributed by atoms with van der Waals surface area (Å²) in [5, 5.41) is 11.8. The maximum Gasteiger partial charge on any atom is 0.435 e. The van der Waals surface area contributed by atoms with Crippen molar-refractivity contribution in [3.63, 3.8) is 0 Å². The summed E-state index contributed by atoms with van der Waals surface area (Å²) >= 11 is 0. The summed E-state index contributed by atoms with van der Waals surface area (Å²) in [6.45, 7) is 0. The van der Waals surface area contributed by atoms with Crippen molar-refractivity contribution in [1.29, 1.82) is 0 Å². The number of hydrogen-bond donors (Lipinski definition) is 2. The number of hydrogen-bond acceptors (Lipinski definition) is 3. The largest absolute Gasteiger partial charge is 0.508 e. The number of rotatable bonds is 3. The van der Waals surface area contributed by atoms with E-state index in [1.165, 1.54) is 7.62 Å². The third-order valence-electron chi connectivity index (χ3n) is 1.21. The van der Waals surface area contributed by atoms with Gasteiger partial charge in [0, 0.05) is 12.8 Å². The van der Waals surface area contributed by atoms with Crippen molar-refractivity contribution in [2.75, 3.05) is 12.3 Å². The van der Waals surface area contributed by atoms with E-state index in [-0.39, 0.29) is 5.75 Å². The Morgan fingerprint density at radius 3 is 2.55 bits per heavy atom. The number of phenols is 1. The first kappa shape index (κ1) is 7.95. The van der Waals surface area contributed by atoms with Crippen LogP contribution >= 0.6 is 0 Å². The minimum Gasteiger partial charge on any atom is -0.508 e. The highest BCUT2D eigenvalue weighted by atomic mass is 16.4. The summed E-state index contributed by atoms with van der Waals surface area (Å²) in [7, 11) is 3.03. The Morgan fingerprint density at radius 1 is 1.36 bits per heavy atom. The van der Waals surface area contributed by atoms with Crippen molar-refractivity contribution in [1.82, 2.24) is 0 Å². The van der Waals surface area contributed by atoms with Gasteiger partial charge in [0.2, 0.25) is 0 Å². The van der Waals surface area contributed by atoms with Crippen LogP contribution in [0.3, 0.4) is 0 Å². The minimum absolute atomic E-state index is 0.257. The molecule has 1 radical (unpaired) electrons. The Balaban J connectivity index is 2.52. The molecule has 0 spiro atoms. The first-order valence-corrected chi connectivity index (χ1v) is 3.23. The van der Waals surface area contributed by atoms with Gasteiger partial charge in [-0.2, -0.15) is 0 Å².